The number of rotatable bonds is 1. The van der Waals surface area contributed by atoms with Gasteiger partial charge in [-0.1, -0.05) is 13.0 Å². The van der Waals surface area contributed by atoms with Crippen LogP contribution >= 0.6 is 0 Å². The Bertz CT molecular complexity index is 335. The second-order valence-electron chi connectivity index (χ2n) is 3.85. The monoisotopic (exact) mass is 177 g/mol. The lowest BCUT2D eigenvalue weighted by molar-refractivity contribution is 0.0305. The molecule has 1 aromatic heterocycles. The third-order valence-corrected chi connectivity index (χ3v) is 2.95. The minimum Gasteiger partial charge on any atom is -0.384 e. The van der Waals surface area contributed by atoms with E-state index in [2.05, 4.69) is 11.1 Å². The first-order chi connectivity index (χ1) is 6.15. The van der Waals surface area contributed by atoms with E-state index < -0.39 is 5.60 Å². The topological polar surface area (TPSA) is 33.1 Å². The molecule has 2 heteroatoms. The summed E-state index contributed by atoms with van der Waals surface area (Å²) in [4.78, 5) is 4.43. The number of pyridine rings is 1. The maximum absolute atomic E-state index is 10.2. The summed E-state index contributed by atoms with van der Waals surface area (Å²) in [6, 6.07) is 4.10. The minimum absolute atomic E-state index is 0.651. The quantitative estimate of drug-likeness (QED) is 0.711. The maximum atomic E-state index is 10.2. The summed E-state index contributed by atoms with van der Waals surface area (Å²) in [5, 5.41) is 10.2. The number of nitrogens with zero attached hydrogens (tertiary/aromatic N) is 1. The molecule has 0 fully saturated rings. The number of aliphatic hydroxyl groups is 1. The van der Waals surface area contributed by atoms with Gasteiger partial charge < -0.3 is 5.11 Å². The van der Waals surface area contributed by atoms with Crippen molar-refractivity contribution in [1.29, 1.82) is 0 Å². The summed E-state index contributed by atoms with van der Waals surface area (Å²) in [7, 11) is 0. The van der Waals surface area contributed by atoms with Crippen molar-refractivity contribution in [2.45, 2.75) is 38.7 Å². The normalized spacial score (nSPS) is 26.1. The van der Waals surface area contributed by atoms with E-state index in [1.54, 1.807) is 0 Å². The zero-order chi connectivity index (χ0) is 9.47. The van der Waals surface area contributed by atoms with Crippen LogP contribution in [0.3, 0.4) is 0 Å². The molecule has 1 aliphatic rings. The Morgan fingerprint density at radius 3 is 3.00 bits per heavy atom. The van der Waals surface area contributed by atoms with Gasteiger partial charge in [-0.15, -0.1) is 0 Å². The molecule has 2 nitrogen and oxygen atoms in total. The van der Waals surface area contributed by atoms with Crippen LogP contribution in [0.2, 0.25) is 0 Å². The molecule has 1 atom stereocenters. The van der Waals surface area contributed by atoms with Crippen LogP contribution in [-0.2, 0) is 12.0 Å². The van der Waals surface area contributed by atoms with E-state index in [0.29, 0.717) is 0 Å². The predicted molar refractivity (Wildman–Crippen MR) is 51.5 cm³/mol. The molecule has 0 bridgehead atoms. The van der Waals surface area contributed by atoms with Crippen LogP contribution < -0.4 is 0 Å². The Hall–Kier alpha value is -0.890. The van der Waals surface area contributed by atoms with E-state index in [0.717, 1.165) is 30.7 Å². The highest BCUT2D eigenvalue weighted by Crippen LogP contribution is 2.37. The average molecular weight is 177 g/mol. The second kappa shape index (κ2) is 2.81. The van der Waals surface area contributed by atoms with E-state index in [1.807, 2.05) is 19.9 Å². The van der Waals surface area contributed by atoms with Gasteiger partial charge in [0.15, 0.2) is 0 Å². The van der Waals surface area contributed by atoms with Crippen molar-refractivity contribution < 1.29 is 5.11 Å². The summed E-state index contributed by atoms with van der Waals surface area (Å²) in [5.74, 6) is 0. The van der Waals surface area contributed by atoms with Crippen LogP contribution in [0.15, 0.2) is 12.1 Å². The summed E-state index contributed by atoms with van der Waals surface area (Å²) in [5.41, 5.74) is 2.47. The van der Waals surface area contributed by atoms with Crippen molar-refractivity contribution in [3.05, 3.63) is 29.1 Å². The first-order valence-electron chi connectivity index (χ1n) is 4.85. The van der Waals surface area contributed by atoms with Crippen molar-refractivity contribution in [2.24, 2.45) is 0 Å². The van der Waals surface area contributed by atoms with Crippen LogP contribution in [0.1, 0.15) is 36.7 Å². The largest absolute Gasteiger partial charge is 0.384 e. The molecule has 1 aliphatic carbocycles. The number of hydrogen-bond donors (Lipinski definition) is 1. The molecule has 2 rings (SSSR count). The van der Waals surface area contributed by atoms with Crippen molar-refractivity contribution in [3.63, 3.8) is 0 Å². The van der Waals surface area contributed by atoms with Gasteiger partial charge in [-0.3, -0.25) is 4.98 Å². The summed E-state index contributed by atoms with van der Waals surface area (Å²) >= 11 is 0. The Balaban J connectivity index is 2.52. The third kappa shape index (κ3) is 1.25. The van der Waals surface area contributed by atoms with Crippen molar-refractivity contribution >= 4 is 0 Å². The highest BCUT2D eigenvalue weighted by Gasteiger charge is 2.36. The average Bonchev–Trinajstić information content (AvgIpc) is 2.45. The van der Waals surface area contributed by atoms with Gasteiger partial charge in [0.25, 0.3) is 0 Å². The van der Waals surface area contributed by atoms with Gasteiger partial charge in [-0.2, -0.15) is 0 Å². The zero-order valence-electron chi connectivity index (χ0n) is 8.17. The maximum Gasteiger partial charge on any atom is 0.107 e. The second-order valence-corrected chi connectivity index (χ2v) is 3.85. The van der Waals surface area contributed by atoms with Crippen molar-refractivity contribution in [2.75, 3.05) is 0 Å². The lowest BCUT2D eigenvalue weighted by Crippen LogP contribution is -2.22. The van der Waals surface area contributed by atoms with Crippen LogP contribution in [0.5, 0.6) is 0 Å². The molecule has 0 saturated carbocycles. The fraction of sp³-hybridized carbons (Fsp3) is 0.545. The van der Waals surface area contributed by atoms with E-state index >= 15 is 0 Å². The molecule has 0 spiro atoms. The van der Waals surface area contributed by atoms with Crippen molar-refractivity contribution in [3.8, 4) is 0 Å². The molecule has 0 radical (unpaired) electrons. The lowest BCUT2D eigenvalue weighted by Gasteiger charge is -2.20. The highest BCUT2D eigenvalue weighted by atomic mass is 16.3. The minimum atomic E-state index is -0.651. The summed E-state index contributed by atoms with van der Waals surface area (Å²) in [6.45, 7) is 3.98. The van der Waals surface area contributed by atoms with E-state index in [-0.39, 0.29) is 0 Å². The number of aromatic nitrogens is 1. The van der Waals surface area contributed by atoms with Gasteiger partial charge >= 0.3 is 0 Å². The molecule has 13 heavy (non-hydrogen) atoms. The first kappa shape index (κ1) is 8.70. The van der Waals surface area contributed by atoms with Crippen molar-refractivity contribution in [1.82, 2.24) is 4.98 Å². The molecule has 1 N–H and O–H groups in total. The fourth-order valence-electron chi connectivity index (χ4n) is 1.99. The smallest absolute Gasteiger partial charge is 0.107 e. The van der Waals surface area contributed by atoms with Gasteiger partial charge in [0.05, 0.1) is 5.69 Å². The molecule has 0 aromatic carbocycles. The number of aryl methyl sites for hydroxylation is 2. The SMILES string of the molecule is CC[C@@]1(O)CCc2ccc(C)nc21. The Morgan fingerprint density at radius 2 is 2.31 bits per heavy atom. The Kier molecular flexibility index (Phi) is 1.88. The van der Waals surface area contributed by atoms with Crippen LogP contribution in [-0.4, -0.2) is 10.1 Å². The molecule has 0 unspecified atom stereocenters. The van der Waals surface area contributed by atoms with E-state index in [4.69, 9.17) is 0 Å². The molecule has 0 saturated heterocycles. The molecular weight excluding hydrogens is 162 g/mol. The molecular formula is C11H15NO. The standard InChI is InChI=1S/C11H15NO/c1-3-11(13)7-6-9-5-4-8(2)12-10(9)11/h4-5,13H,3,6-7H2,1-2H3/t11-/m1/s1. The van der Waals surface area contributed by atoms with E-state index in [1.165, 1.54) is 5.56 Å². The number of hydrogen-bond acceptors (Lipinski definition) is 2. The van der Waals surface area contributed by atoms with Crippen LogP contribution in [0.25, 0.3) is 0 Å². The van der Waals surface area contributed by atoms with Crippen LogP contribution in [0.4, 0.5) is 0 Å². The molecule has 0 amide bonds. The molecule has 1 aromatic rings. The highest BCUT2D eigenvalue weighted by molar-refractivity contribution is 5.32. The Labute approximate surface area is 78.6 Å². The predicted octanol–water partition coefficient (Wildman–Crippen LogP) is 1.93. The fourth-order valence-corrected chi connectivity index (χ4v) is 1.99. The molecule has 70 valence electrons. The third-order valence-electron chi connectivity index (χ3n) is 2.95. The first-order valence-corrected chi connectivity index (χ1v) is 4.85. The lowest BCUT2D eigenvalue weighted by atomic mass is 9.98. The molecule has 1 heterocycles. The zero-order valence-corrected chi connectivity index (χ0v) is 8.17. The van der Waals surface area contributed by atoms with Gasteiger partial charge in [0, 0.05) is 5.69 Å². The van der Waals surface area contributed by atoms with E-state index in [9.17, 15) is 5.11 Å². The summed E-state index contributed by atoms with van der Waals surface area (Å²) in [6.07, 6.45) is 2.55. The van der Waals surface area contributed by atoms with Gasteiger partial charge in [-0.25, -0.2) is 0 Å². The van der Waals surface area contributed by atoms with Gasteiger partial charge in [-0.05, 0) is 37.8 Å². The van der Waals surface area contributed by atoms with Gasteiger partial charge in [0.1, 0.15) is 5.60 Å². The van der Waals surface area contributed by atoms with Crippen LogP contribution in [0, 0.1) is 6.92 Å². The number of fused-ring (bicyclic) bond motifs is 1. The van der Waals surface area contributed by atoms with Gasteiger partial charge in [0.2, 0.25) is 0 Å². The Morgan fingerprint density at radius 1 is 1.54 bits per heavy atom. The molecule has 0 aliphatic heterocycles. The summed E-state index contributed by atoms with van der Waals surface area (Å²) < 4.78 is 0.